The van der Waals surface area contributed by atoms with Gasteiger partial charge in [-0.15, -0.1) is 11.3 Å². The van der Waals surface area contributed by atoms with Gasteiger partial charge in [0.05, 0.1) is 10.7 Å². The first kappa shape index (κ1) is 24.5. The molecule has 3 aromatic rings. The summed E-state index contributed by atoms with van der Waals surface area (Å²) in [5.41, 5.74) is 1.46. The Morgan fingerprint density at radius 1 is 1.03 bits per heavy atom. The summed E-state index contributed by atoms with van der Waals surface area (Å²) < 4.78 is 0. The number of hydrogen-bond acceptors (Lipinski definition) is 5. The Morgan fingerprint density at radius 2 is 1.81 bits per heavy atom. The van der Waals surface area contributed by atoms with Crippen molar-refractivity contribution in [1.82, 2.24) is 9.88 Å². The van der Waals surface area contributed by atoms with E-state index in [0.29, 0.717) is 27.8 Å². The van der Waals surface area contributed by atoms with Gasteiger partial charge in [-0.1, -0.05) is 41.9 Å². The largest absolute Gasteiger partial charge is 0.340 e. The predicted molar refractivity (Wildman–Crippen MR) is 142 cm³/mol. The second kappa shape index (κ2) is 10.8. The lowest BCUT2D eigenvalue weighted by Crippen LogP contribution is -2.40. The molecule has 7 nitrogen and oxygen atoms in total. The van der Waals surface area contributed by atoms with Gasteiger partial charge in [-0.25, -0.2) is 4.98 Å². The minimum atomic E-state index is -0.344. The van der Waals surface area contributed by atoms with Crippen molar-refractivity contribution in [2.45, 2.75) is 44.6 Å². The van der Waals surface area contributed by atoms with Crippen LogP contribution in [0.4, 0.5) is 11.5 Å². The van der Waals surface area contributed by atoms with Gasteiger partial charge >= 0.3 is 0 Å². The van der Waals surface area contributed by atoms with E-state index >= 15 is 0 Å². The van der Waals surface area contributed by atoms with Crippen molar-refractivity contribution in [3.8, 4) is 10.4 Å². The normalized spacial score (nSPS) is 19.8. The van der Waals surface area contributed by atoms with E-state index in [1.807, 2.05) is 41.3 Å². The highest BCUT2D eigenvalue weighted by Crippen LogP contribution is 2.37. The molecule has 3 heterocycles. The molecule has 2 fully saturated rings. The molecule has 36 heavy (non-hydrogen) atoms. The molecule has 0 bridgehead atoms. The summed E-state index contributed by atoms with van der Waals surface area (Å²) in [6.45, 7) is 0.832. The van der Waals surface area contributed by atoms with Gasteiger partial charge in [-0.05, 0) is 55.9 Å². The number of nitrogens with zero attached hydrogens (tertiary/aromatic N) is 2. The summed E-state index contributed by atoms with van der Waals surface area (Å²) in [6.07, 6.45) is 6.15. The number of pyridine rings is 1. The van der Waals surface area contributed by atoms with Crippen molar-refractivity contribution in [1.29, 1.82) is 0 Å². The van der Waals surface area contributed by atoms with Crippen LogP contribution in [0.15, 0.2) is 54.7 Å². The third kappa shape index (κ3) is 5.44. The number of amides is 3. The standard InChI is InChI=1S/C27H27ClN4O3S/c28-19-10-13-23(29-16-19)31-27(35)25-21(15-22(36-25)17-5-2-1-3-6-17)30-26(34)18-8-11-20(12-9-18)32-14-4-7-24(32)33/h1-3,5-6,10,13,15-16,18,20H,4,7-9,11-12,14H2,(H,30,34)(H,29,31,35)/t18-,20-. The van der Waals surface area contributed by atoms with E-state index < -0.39 is 0 Å². The van der Waals surface area contributed by atoms with Crippen molar-refractivity contribution in [3.63, 3.8) is 0 Å². The average Bonchev–Trinajstić information content (AvgIpc) is 3.52. The number of benzene rings is 1. The van der Waals surface area contributed by atoms with Crippen LogP contribution in [0.25, 0.3) is 10.4 Å². The smallest absolute Gasteiger partial charge is 0.269 e. The first-order valence-electron chi connectivity index (χ1n) is 12.2. The van der Waals surface area contributed by atoms with Crippen LogP contribution >= 0.6 is 22.9 Å². The summed E-state index contributed by atoms with van der Waals surface area (Å²) in [4.78, 5) is 45.9. The SMILES string of the molecule is O=C(Nc1ccc(Cl)cn1)c1sc(-c2ccccc2)cc1NC(=O)[C@H]1CC[C@H](N2CCCC2=O)CC1. The number of anilines is 2. The number of hydrogen-bond donors (Lipinski definition) is 2. The zero-order valence-corrected chi connectivity index (χ0v) is 21.3. The molecule has 1 saturated heterocycles. The Balaban J connectivity index is 1.31. The Labute approximate surface area is 218 Å². The maximum atomic E-state index is 13.2. The highest BCUT2D eigenvalue weighted by molar-refractivity contribution is 7.18. The quantitative estimate of drug-likeness (QED) is 0.425. The van der Waals surface area contributed by atoms with E-state index in [-0.39, 0.29) is 29.7 Å². The Hall–Kier alpha value is -3.23. The molecule has 2 aliphatic rings. The lowest BCUT2D eigenvalue weighted by atomic mass is 9.84. The zero-order valence-electron chi connectivity index (χ0n) is 19.7. The molecule has 1 aliphatic heterocycles. The second-order valence-corrected chi connectivity index (χ2v) is 10.7. The molecular weight excluding hydrogens is 496 g/mol. The van der Waals surface area contributed by atoms with E-state index in [2.05, 4.69) is 15.6 Å². The van der Waals surface area contributed by atoms with Crippen molar-refractivity contribution in [2.75, 3.05) is 17.2 Å². The van der Waals surface area contributed by atoms with Crippen LogP contribution in [0.1, 0.15) is 48.2 Å². The number of halogens is 1. The number of nitrogens with one attached hydrogen (secondary N) is 2. The monoisotopic (exact) mass is 522 g/mol. The number of thiophene rings is 1. The number of aromatic nitrogens is 1. The first-order chi connectivity index (χ1) is 17.5. The lowest BCUT2D eigenvalue weighted by Gasteiger charge is -2.34. The van der Waals surface area contributed by atoms with E-state index in [1.54, 1.807) is 12.1 Å². The molecule has 1 saturated carbocycles. The fourth-order valence-electron chi connectivity index (χ4n) is 4.96. The average molecular weight is 523 g/mol. The maximum Gasteiger partial charge on any atom is 0.269 e. The molecule has 1 aliphatic carbocycles. The Kier molecular flexibility index (Phi) is 7.34. The van der Waals surface area contributed by atoms with E-state index in [9.17, 15) is 14.4 Å². The first-order valence-corrected chi connectivity index (χ1v) is 13.4. The molecule has 186 valence electrons. The number of carbonyl (C=O) groups excluding carboxylic acids is 3. The van der Waals surface area contributed by atoms with Gasteiger partial charge < -0.3 is 15.5 Å². The summed E-state index contributed by atoms with van der Waals surface area (Å²) >= 11 is 7.23. The highest BCUT2D eigenvalue weighted by Gasteiger charge is 2.34. The number of likely N-dealkylation sites (tertiary alicyclic amines) is 1. The van der Waals surface area contributed by atoms with Crippen LogP contribution in [-0.4, -0.2) is 40.2 Å². The van der Waals surface area contributed by atoms with Gasteiger partial charge in [-0.3, -0.25) is 14.4 Å². The zero-order chi connectivity index (χ0) is 25.1. The lowest BCUT2D eigenvalue weighted by molar-refractivity contribution is -0.130. The van der Waals surface area contributed by atoms with E-state index in [4.69, 9.17) is 11.6 Å². The molecule has 2 aromatic heterocycles. The molecule has 0 unspecified atom stereocenters. The van der Waals surface area contributed by atoms with Crippen molar-refractivity contribution in [3.05, 3.63) is 64.6 Å². The summed E-state index contributed by atoms with van der Waals surface area (Å²) in [5.74, 6) is 0.0419. The van der Waals surface area contributed by atoms with Crippen molar-refractivity contribution >= 4 is 52.2 Å². The minimum Gasteiger partial charge on any atom is -0.340 e. The van der Waals surface area contributed by atoms with E-state index in [1.165, 1.54) is 17.5 Å². The van der Waals surface area contributed by atoms with Crippen LogP contribution in [0.3, 0.4) is 0 Å². The summed E-state index contributed by atoms with van der Waals surface area (Å²) in [6, 6.07) is 15.1. The van der Waals surface area contributed by atoms with E-state index in [0.717, 1.165) is 49.1 Å². The number of carbonyl (C=O) groups is 3. The molecule has 9 heteroatoms. The van der Waals surface area contributed by atoms with Gasteiger partial charge in [0.25, 0.3) is 5.91 Å². The van der Waals surface area contributed by atoms with Crippen molar-refractivity contribution < 1.29 is 14.4 Å². The molecule has 2 N–H and O–H groups in total. The Morgan fingerprint density at radius 3 is 2.47 bits per heavy atom. The Bertz CT molecular complexity index is 1250. The highest BCUT2D eigenvalue weighted by atomic mass is 35.5. The predicted octanol–water partition coefficient (Wildman–Crippen LogP) is 5.84. The molecule has 3 amide bonds. The fourth-order valence-corrected chi connectivity index (χ4v) is 6.09. The molecule has 0 radical (unpaired) electrons. The molecule has 1 aromatic carbocycles. The molecule has 0 atom stereocenters. The summed E-state index contributed by atoms with van der Waals surface area (Å²) in [5, 5.41) is 6.30. The van der Waals surface area contributed by atoms with Crippen LogP contribution in [0, 0.1) is 5.92 Å². The third-order valence-corrected chi connectivity index (χ3v) is 8.25. The van der Waals surface area contributed by atoms with Gasteiger partial charge in [0.1, 0.15) is 10.7 Å². The molecule has 5 rings (SSSR count). The van der Waals surface area contributed by atoms with Crippen LogP contribution in [0.2, 0.25) is 5.02 Å². The molecular formula is C27H27ClN4O3S. The number of rotatable bonds is 6. The molecule has 0 spiro atoms. The summed E-state index contributed by atoms with van der Waals surface area (Å²) in [7, 11) is 0. The minimum absolute atomic E-state index is 0.0859. The van der Waals surface area contributed by atoms with Crippen molar-refractivity contribution in [2.24, 2.45) is 5.92 Å². The fraction of sp³-hybridized carbons (Fsp3) is 0.333. The third-order valence-electron chi connectivity index (χ3n) is 6.84. The van der Waals surface area contributed by atoms with Crippen LogP contribution in [-0.2, 0) is 9.59 Å². The van der Waals surface area contributed by atoms with Gasteiger partial charge in [0.15, 0.2) is 0 Å². The van der Waals surface area contributed by atoms with Gasteiger partial charge in [-0.2, -0.15) is 0 Å². The van der Waals surface area contributed by atoms with Crippen LogP contribution < -0.4 is 10.6 Å². The van der Waals surface area contributed by atoms with Crippen LogP contribution in [0.5, 0.6) is 0 Å². The maximum absolute atomic E-state index is 13.2. The topological polar surface area (TPSA) is 91.4 Å². The van der Waals surface area contributed by atoms with Gasteiger partial charge in [0.2, 0.25) is 11.8 Å². The van der Waals surface area contributed by atoms with Gasteiger partial charge in [0, 0.05) is 36.0 Å². The second-order valence-electron chi connectivity index (χ2n) is 9.22.